The SMILES string of the molecule is CNC(=O)C1(COC)CCCN1C(=O)c1cc(C#N)[nH]c1C. The number of amides is 2. The molecular formula is C15H20N4O3. The molecule has 1 atom stereocenters. The van der Waals surface area contributed by atoms with Crippen molar-refractivity contribution < 1.29 is 14.3 Å². The van der Waals surface area contributed by atoms with Crippen LogP contribution in [0.2, 0.25) is 0 Å². The van der Waals surface area contributed by atoms with E-state index in [1.54, 1.807) is 18.9 Å². The second kappa shape index (κ2) is 6.20. The van der Waals surface area contributed by atoms with E-state index >= 15 is 0 Å². The Morgan fingerprint density at radius 2 is 2.32 bits per heavy atom. The molecular weight excluding hydrogens is 284 g/mol. The van der Waals surface area contributed by atoms with Crippen LogP contribution in [0.25, 0.3) is 0 Å². The van der Waals surface area contributed by atoms with Gasteiger partial charge in [0.05, 0.1) is 12.2 Å². The highest BCUT2D eigenvalue weighted by Gasteiger charge is 2.49. The Kier molecular flexibility index (Phi) is 4.52. The van der Waals surface area contributed by atoms with Gasteiger partial charge in [-0.25, -0.2) is 0 Å². The van der Waals surface area contributed by atoms with Gasteiger partial charge in [0, 0.05) is 26.4 Å². The summed E-state index contributed by atoms with van der Waals surface area (Å²) in [4.78, 5) is 29.7. The van der Waals surface area contributed by atoms with E-state index in [4.69, 9.17) is 10.00 Å². The number of nitrogens with one attached hydrogen (secondary N) is 2. The molecule has 0 spiro atoms. The van der Waals surface area contributed by atoms with E-state index in [9.17, 15) is 9.59 Å². The maximum Gasteiger partial charge on any atom is 0.256 e. The normalized spacial score (nSPS) is 20.7. The number of carbonyl (C=O) groups excluding carboxylic acids is 2. The fraction of sp³-hybridized carbons (Fsp3) is 0.533. The van der Waals surface area contributed by atoms with Crippen LogP contribution in [0.15, 0.2) is 6.07 Å². The van der Waals surface area contributed by atoms with Gasteiger partial charge in [0.15, 0.2) is 0 Å². The second-order valence-corrected chi connectivity index (χ2v) is 5.44. The first-order chi connectivity index (χ1) is 10.5. The van der Waals surface area contributed by atoms with Crippen molar-refractivity contribution >= 4 is 11.8 Å². The van der Waals surface area contributed by atoms with Crippen molar-refractivity contribution in [3.63, 3.8) is 0 Å². The summed E-state index contributed by atoms with van der Waals surface area (Å²) < 4.78 is 5.21. The van der Waals surface area contributed by atoms with E-state index in [0.717, 1.165) is 6.42 Å². The molecule has 0 saturated carbocycles. The third kappa shape index (κ3) is 2.46. The molecule has 2 heterocycles. The van der Waals surface area contributed by atoms with Gasteiger partial charge in [0.25, 0.3) is 5.91 Å². The lowest BCUT2D eigenvalue weighted by Gasteiger charge is -2.36. The molecule has 2 rings (SSSR count). The zero-order valence-corrected chi connectivity index (χ0v) is 13.0. The van der Waals surface area contributed by atoms with Crippen molar-refractivity contribution in [1.29, 1.82) is 5.26 Å². The Morgan fingerprint density at radius 3 is 2.86 bits per heavy atom. The van der Waals surface area contributed by atoms with Crippen LogP contribution in [0.3, 0.4) is 0 Å². The number of H-pyrrole nitrogens is 1. The maximum absolute atomic E-state index is 12.9. The van der Waals surface area contributed by atoms with E-state index < -0.39 is 5.54 Å². The van der Waals surface area contributed by atoms with Gasteiger partial charge in [-0.05, 0) is 25.8 Å². The molecule has 1 aliphatic rings. The molecule has 0 bridgehead atoms. The van der Waals surface area contributed by atoms with E-state index in [1.165, 1.54) is 13.2 Å². The van der Waals surface area contributed by atoms with Crippen LogP contribution in [0.5, 0.6) is 0 Å². The number of hydrogen-bond donors (Lipinski definition) is 2. The molecule has 1 aromatic heterocycles. The van der Waals surface area contributed by atoms with E-state index in [0.29, 0.717) is 29.9 Å². The van der Waals surface area contributed by atoms with Gasteiger partial charge in [-0.3, -0.25) is 9.59 Å². The summed E-state index contributed by atoms with van der Waals surface area (Å²) in [6.07, 6.45) is 1.29. The number of methoxy groups -OCH3 is 1. The van der Waals surface area contributed by atoms with Crippen molar-refractivity contribution in [3.8, 4) is 6.07 Å². The first-order valence-electron chi connectivity index (χ1n) is 7.13. The highest BCUT2D eigenvalue weighted by molar-refractivity contribution is 6.00. The molecule has 0 radical (unpaired) electrons. The molecule has 1 unspecified atom stereocenters. The van der Waals surface area contributed by atoms with Crippen LogP contribution >= 0.6 is 0 Å². The van der Waals surface area contributed by atoms with Gasteiger partial charge in [-0.15, -0.1) is 0 Å². The summed E-state index contributed by atoms with van der Waals surface area (Å²) in [6.45, 7) is 2.37. The van der Waals surface area contributed by atoms with E-state index in [2.05, 4.69) is 10.3 Å². The number of nitriles is 1. The monoisotopic (exact) mass is 304 g/mol. The highest BCUT2D eigenvalue weighted by Crippen LogP contribution is 2.32. The van der Waals surface area contributed by atoms with Crippen molar-refractivity contribution in [1.82, 2.24) is 15.2 Å². The molecule has 0 aliphatic carbocycles. The molecule has 2 N–H and O–H groups in total. The Bertz CT molecular complexity index is 631. The lowest BCUT2D eigenvalue weighted by molar-refractivity contribution is -0.133. The summed E-state index contributed by atoms with van der Waals surface area (Å²) >= 11 is 0. The predicted molar refractivity (Wildman–Crippen MR) is 79.2 cm³/mol. The lowest BCUT2D eigenvalue weighted by atomic mass is 9.95. The number of likely N-dealkylation sites (N-methyl/N-ethyl adjacent to an activating group) is 1. The van der Waals surface area contributed by atoms with Crippen molar-refractivity contribution in [2.75, 3.05) is 27.3 Å². The number of ether oxygens (including phenoxy) is 1. The summed E-state index contributed by atoms with van der Waals surface area (Å²) in [5, 5.41) is 11.6. The number of aryl methyl sites for hydroxylation is 1. The number of aromatic amines is 1. The van der Waals surface area contributed by atoms with Gasteiger partial charge in [0.2, 0.25) is 5.91 Å². The third-order valence-corrected chi connectivity index (χ3v) is 4.13. The summed E-state index contributed by atoms with van der Waals surface area (Å²) in [6, 6.07) is 3.51. The first-order valence-corrected chi connectivity index (χ1v) is 7.13. The summed E-state index contributed by atoms with van der Waals surface area (Å²) in [7, 11) is 3.07. The van der Waals surface area contributed by atoms with Crippen LogP contribution in [0, 0.1) is 18.3 Å². The van der Waals surface area contributed by atoms with Gasteiger partial charge in [-0.2, -0.15) is 5.26 Å². The quantitative estimate of drug-likeness (QED) is 0.849. The van der Waals surface area contributed by atoms with E-state index in [1.807, 2.05) is 6.07 Å². The minimum Gasteiger partial charge on any atom is -0.382 e. The second-order valence-electron chi connectivity index (χ2n) is 5.44. The van der Waals surface area contributed by atoms with Gasteiger partial charge < -0.3 is 19.9 Å². The molecule has 22 heavy (non-hydrogen) atoms. The average molecular weight is 304 g/mol. The van der Waals surface area contributed by atoms with E-state index in [-0.39, 0.29) is 18.4 Å². The lowest BCUT2D eigenvalue weighted by Crippen LogP contribution is -2.59. The van der Waals surface area contributed by atoms with Gasteiger partial charge in [-0.1, -0.05) is 0 Å². The Morgan fingerprint density at radius 1 is 1.59 bits per heavy atom. The molecule has 1 saturated heterocycles. The number of carbonyl (C=O) groups is 2. The average Bonchev–Trinajstić information content (AvgIpc) is 3.10. The van der Waals surface area contributed by atoms with Gasteiger partial charge >= 0.3 is 0 Å². The number of hydrogen-bond acceptors (Lipinski definition) is 4. The Hall–Kier alpha value is -2.33. The first kappa shape index (κ1) is 16.0. The van der Waals surface area contributed by atoms with Gasteiger partial charge in [0.1, 0.15) is 17.3 Å². The molecule has 1 aromatic rings. The number of rotatable bonds is 4. The highest BCUT2D eigenvalue weighted by atomic mass is 16.5. The molecule has 2 amide bonds. The Balaban J connectivity index is 2.40. The number of likely N-dealkylation sites (tertiary alicyclic amines) is 1. The topological polar surface area (TPSA) is 98.2 Å². The standard InChI is InChI=1S/C15H20N4O3/c1-10-12(7-11(8-16)18-10)13(20)19-6-4-5-15(19,9-22-3)14(21)17-2/h7,18H,4-6,9H2,1-3H3,(H,17,21). The molecule has 118 valence electrons. The molecule has 7 heteroatoms. The van der Waals surface area contributed by atoms with Crippen LogP contribution < -0.4 is 5.32 Å². The van der Waals surface area contributed by atoms with Crippen molar-refractivity contribution in [2.24, 2.45) is 0 Å². The van der Waals surface area contributed by atoms with Crippen LogP contribution in [-0.2, 0) is 9.53 Å². The van der Waals surface area contributed by atoms with Crippen LogP contribution in [0.1, 0.15) is 34.6 Å². The fourth-order valence-electron chi connectivity index (χ4n) is 3.08. The largest absolute Gasteiger partial charge is 0.382 e. The zero-order valence-electron chi connectivity index (χ0n) is 13.0. The Labute approximate surface area is 129 Å². The molecule has 0 aromatic carbocycles. The van der Waals surface area contributed by atoms with Crippen LogP contribution in [-0.4, -0.2) is 54.5 Å². The summed E-state index contributed by atoms with van der Waals surface area (Å²) in [5.41, 5.74) is 0.383. The minimum atomic E-state index is -0.989. The predicted octanol–water partition coefficient (Wildman–Crippen LogP) is 0.562. The minimum absolute atomic E-state index is 0.146. The molecule has 1 aliphatic heterocycles. The fourth-order valence-corrected chi connectivity index (χ4v) is 3.08. The molecule has 1 fully saturated rings. The smallest absolute Gasteiger partial charge is 0.256 e. The zero-order chi connectivity index (χ0) is 16.3. The van der Waals surface area contributed by atoms with Crippen molar-refractivity contribution in [3.05, 3.63) is 23.0 Å². The van der Waals surface area contributed by atoms with Crippen molar-refractivity contribution in [2.45, 2.75) is 25.3 Å². The maximum atomic E-state index is 12.9. The third-order valence-electron chi connectivity index (χ3n) is 4.13. The number of aromatic nitrogens is 1. The molecule has 7 nitrogen and oxygen atoms in total. The summed E-state index contributed by atoms with van der Waals surface area (Å²) in [5.74, 6) is -0.484. The number of nitrogens with zero attached hydrogens (tertiary/aromatic N) is 2. The van der Waals surface area contributed by atoms with Crippen LogP contribution in [0.4, 0.5) is 0 Å².